The van der Waals surface area contributed by atoms with Gasteiger partial charge in [0.15, 0.2) is 0 Å². The SMILES string of the molecule is Cc1ccc2c(c1)N(CCCN(C(C)C)C(C)C)CCn1c-2c(C2CCCCC2)c2ccc(C(=O)O)cc21. The topological polar surface area (TPSA) is 48.7 Å². The molecule has 1 N–H and O–H groups in total. The van der Waals surface area contributed by atoms with Gasteiger partial charge in [0, 0.05) is 60.4 Å². The zero-order chi connectivity index (χ0) is 27.0. The van der Waals surface area contributed by atoms with E-state index in [4.69, 9.17) is 0 Å². The van der Waals surface area contributed by atoms with Crippen molar-refractivity contribution in [1.82, 2.24) is 9.47 Å². The maximum atomic E-state index is 11.9. The molecule has 0 atom stereocenters. The molecular formula is C33H45N3O2. The third kappa shape index (κ3) is 5.10. The summed E-state index contributed by atoms with van der Waals surface area (Å²) >= 11 is 0. The first-order valence-electron chi connectivity index (χ1n) is 14.8. The first-order chi connectivity index (χ1) is 18.3. The molecule has 0 amide bonds. The van der Waals surface area contributed by atoms with Crippen LogP contribution in [0.1, 0.15) is 93.6 Å². The molecule has 0 spiro atoms. The molecule has 5 heteroatoms. The summed E-state index contributed by atoms with van der Waals surface area (Å²) in [6, 6.07) is 13.8. The average Bonchev–Trinajstić information content (AvgIpc) is 3.12. The van der Waals surface area contributed by atoms with Gasteiger partial charge in [-0.15, -0.1) is 0 Å². The predicted octanol–water partition coefficient (Wildman–Crippen LogP) is 7.69. The van der Waals surface area contributed by atoms with Crippen molar-refractivity contribution in [1.29, 1.82) is 0 Å². The summed E-state index contributed by atoms with van der Waals surface area (Å²) in [5.41, 5.74) is 8.18. The number of nitrogens with zero attached hydrogens (tertiary/aromatic N) is 3. The van der Waals surface area contributed by atoms with Crippen molar-refractivity contribution in [2.45, 2.75) is 97.7 Å². The molecule has 2 heterocycles. The molecule has 38 heavy (non-hydrogen) atoms. The second-order valence-electron chi connectivity index (χ2n) is 12.1. The molecule has 0 unspecified atom stereocenters. The zero-order valence-electron chi connectivity index (χ0n) is 24.0. The summed E-state index contributed by atoms with van der Waals surface area (Å²) in [6.45, 7) is 15.3. The zero-order valence-corrected chi connectivity index (χ0v) is 24.0. The largest absolute Gasteiger partial charge is 0.478 e. The molecule has 0 radical (unpaired) electrons. The van der Waals surface area contributed by atoms with Gasteiger partial charge >= 0.3 is 5.97 Å². The van der Waals surface area contributed by atoms with Crippen LogP contribution in [0.4, 0.5) is 5.69 Å². The van der Waals surface area contributed by atoms with Gasteiger partial charge in [-0.05, 0) is 89.1 Å². The van der Waals surface area contributed by atoms with Crippen LogP contribution in [0.15, 0.2) is 36.4 Å². The van der Waals surface area contributed by atoms with Crippen molar-refractivity contribution in [2.75, 3.05) is 24.5 Å². The van der Waals surface area contributed by atoms with Crippen molar-refractivity contribution in [3.63, 3.8) is 0 Å². The average molecular weight is 516 g/mol. The summed E-state index contributed by atoms with van der Waals surface area (Å²) in [5.74, 6) is -0.322. The lowest BCUT2D eigenvalue weighted by Gasteiger charge is -2.32. The van der Waals surface area contributed by atoms with Gasteiger partial charge < -0.3 is 14.6 Å². The Balaban J connectivity index is 1.60. The van der Waals surface area contributed by atoms with Gasteiger partial charge in [0.05, 0.1) is 11.3 Å². The van der Waals surface area contributed by atoms with Crippen molar-refractivity contribution < 1.29 is 9.90 Å². The normalized spacial score (nSPS) is 16.4. The van der Waals surface area contributed by atoms with E-state index < -0.39 is 5.97 Å². The Kier molecular flexibility index (Phi) is 7.85. The van der Waals surface area contributed by atoms with Crippen LogP contribution >= 0.6 is 0 Å². The van der Waals surface area contributed by atoms with Crippen LogP contribution in [0.25, 0.3) is 22.2 Å². The Morgan fingerprint density at radius 3 is 2.42 bits per heavy atom. The molecule has 0 bridgehead atoms. The number of aromatic nitrogens is 1. The molecular weight excluding hydrogens is 470 g/mol. The minimum Gasteiger partial charge on any atom is -0.478 e. The molecule has 5 nitrogen and oxygen atoms in total. The highest BCUT2D eigenvalue weighted by atomic mass is 16.4. The molecule has 1 fully saturated rings. The van der Waals surface area contributed by atoms with Crippen LogP contribution in [-0.4, -0.2) is 52.3 Å². The number of hydrogen-bond acceptors (Lipinski definition) is 3. The Bertz CT molecular complexity index is 1290. The monoisotopic (exact) mass is 515 g/mol. The van der Waals surface area contributed by atoms with Gasteiger partial charge in [-0.1, -0.05) is 37.5 Å². The fourth-order valence-corrected chi connectivity index (χ4v) is 7.07. The highest BCUT2D eigenvalue weighted by Crippen LogP contribution is 2.47. The second-order valence-corrected chi connectivity index (χ2v) is 12.1. The van der Waals surface area contributed by atoms with E-state index in [1.807, 2.05) is 6.07 Å². The molecule has 5 rings (SSSR count). The molecule has 1 aromatic heterocycles. The van der Waals surface area contributed by atoms with Gasteiger partial charge in [-0.25, -0.2) is 4.79 Å². The molecule has 1 saturated carbocycles. The van der Waals surface area contributed by atoms with E-state index in [1.165, 1.54) is 65.6 Å². The Hall–Kier alpha value is -2.79. The highest BCUT2D eigenvalue weighted by Gasteiger charge is 2.30. The number of benzene rings is 2. The summed E-state index contributed by atoms with van der Waals surface area (Å²) < 4.78 is 2.45. The molecule has 3 aromatic rings. The van der Waals surface area contributed by atoms with Crippen molar-refractivity contribution in [3.05, 3.63) is 53.1 Å². The van der Waals surface area contributed by atoms with E-state index in [1.54, 1.807) is 6.07 Å². The Morgan fingerprint density at radius 2 is 1.74 bits per heavy atom. The number of hydrogen-bond donors (Lipinski definition) is 1. The molecule has 204 valence electrons. The third-order valence-corrected chi connectivity index (χ3v) is 8.88. The van der Waals surface area contributed by atoms with E-state index in [0.29, 0.717) is 23.6 Å². The van der Waals surface area contributed by atoms with Crippen LogP contribution in [0.2, 0.25) is 0 Å². The maximum Gasteiger partial charge on any atom is 0.335 e. The van der Waals surface area contributed by atoms with Crippen LogP contribution in [0.3, 0.4) is 0 Å². The number of fused-ring (bicyclic) bond motifs is 5. The first-order valence-corrected chi connectivity index (χ1v) is 14.8. The predicted molar refractivity (Wildman–Crippen MR) is 159 cm³/mol. The summed E-state index contributed by atoms with van der Waals surface area (Å²) in [4.78, 5) is 17.1. The lowest BCUT2D eigenvalue weighted by molar-refractivity contribution is 0.0697. The number of aromatic carboxylic acids is 1. The van der Waals surface area contributed by atoms with E-state index in [9.17, 15) is 9.90 Å². The van der Waals surface area contributed by atoms with Gasteiger partial charge in [0.1, 0.15) is 0 Å². The molecule has 1 aliphatic carbocycles. The van der Waals surface area contributed by atoms with Crippen molar-refractivity contribution in [3.8, 4) is 11.3 Å². The maximum absolute atomic E-state index is 11.9. The van der Waals surface area contributed by atoms with E-state index in [0.717, 1.165) is 38.1 Å². The minimum absolute atomic E-state index is 0.376. The Morgan fingerprint density at radius 1 is 1.00 bits per heavy atom. The number of aryl methyl sites for hydroxylation is 1. The summed E-state index contributed by atoms with van der Waals surface area (Å²) in [7, 11) is 0. The first kappa shape index (κ1) is 26.8. The minimum atomic E-state index is -0.854. The van der Waals surface area contributed by atoms with Crippen LogP contribution < -0.4 is 4.90 Å². The van der Waals surface area contributed by atoms with Crippen molar-refractivity contribution in [2.24, 2.45) is 0 Å². The fraction of sp³-hybridized carbons (Fsp3) is 0.545. The number of carbonyl (C=O) groups is 1. The highest BCUT2D eigenvalue weighted by molar-refractivity contribution is 5.99. The van der Waals surface area contributed by atoms with Gasteiger partial charge in [-0.3, -0.25) is 4.90 Å². The van der Waals surface area contributed by atoms with E-state index in [-0.39, 0.29) is 0 Å². The van der Waals surface area contributed by atoms with E-state index in [2.05, 4.69) is 73.3 Å². The molecule has 1 aliphatic heterocycles. The molecule has 2 aromatic carbocycles. The molecule has 2 aliphatic rings. The van der Waals surface area contributed by atoms with Gasteiger partial charge in [0.2, 0.25) is 0 Å². The number of carboxylic acids is 1. The van der Waals surface area contributed by atoms with Gasteiger partial charge in [0.25, 0.3) is 0 Å². The van der Waals surface area contributed by atoms with Gasteiger partial charge in [-0.2, -0.15) is 0 Å². The number of anilines is 1. The lowest BCUT2D eigenvalue weighted by Crippen LogP contribution is -2.39. The summed E-state index contributed by atoms with van der Waals surface area (Å²) in [6.07, 6.45) is 7.44. The fourth-order valence-electron chi connectivity index (χ4n) is 7.07. The van der Waals surface area contributed by atoms with Crippen molar-refractivity contribution >= 4 is 22.6 Å². The Labute approximate surface area is 228 Å². The standard InChI is InChI=1S/C33H45N3O2/c1-22(2)35(23(3)4)17-9-16-34-18-19-36-30-21-26(33(37)38)13-15-27(30)31(25-10-7-6-8-11-25)32(36)28-14-12-24(5)20-29(28)34/h12-15,20-23,25H,6-11,16-19H2,1-5H3,(H,37,38). The number of carboxylic acid groups (broad SMARTS) is 1. The summed E-state index contributed by atoms with van der Waals surface area (Å²) in [5, 5.41) is 11.0. The quantitative estimate of drug-likeness (QED) is 0.334. The smallest absolute Gasteiger partial charge is 0.335 e. The van der Waals surface area contributed by atoms with Crippen LogP contribution in [-0.2, 0) is 6.54 Å². The second kappa shape index (κ2) is 11.1. The third-order valence-electron chi connectivity index (χ3n) is 8.88. The molecule has 0 saturated heterocycles. The lowest BCUT2D eigenvalue weighted by atomic mass is 9.81. The van der Waals surface area contributed by atoms with Crippen LogP contribution in [0, 0.1) is 6.92 Å². The van der Waals surface area contributed by atoms with E-state index >= 15 is 0 Å². The van der Waals surface area contributed by atoms with Crippen LogP contribution in [0.5, 0.6) is 0 Å². The number of rotatable bonds is 8.